The largest absolute Gasteiger partial charge is 0.453 e. The SMILES string of the molecule is Cc1nc2nc(C(F)(F)F)nn2c(C)c1CCC(=O)OC(C)C(=O)Nc1ccccc1[N+](=O)[O-]. The second-order valence-electron chi connectivity index (χ2n) is 7.30. The second-order valence-corrected chi connectivity index (χ2v) is 7.30. The number of hydrogen-bond acceptors (Lipinski definition) is 8. The molecular formula is C20H19F3N6O5. The number of carbonyl (C=O) groups excluding carboxylic acids is 2. The average Bonchev–Trinajstić information content (AvgIpc) is 3.18. The highest BCUT2D eigenvalue weighted by atomic mass is 19.4. The fourth-order valence-corrected chi connectivity index (χ4v) is 3.20. The Morgan fingerprint density at radius 1 is 1.24 bits per heavy atom. The smallest absolute Gasteiger partial charge is 0.453 e. The first-order valence-electron chi connectivity index (χ1n) is 9.92. The summed E-state index contributed by atoms with van der Waals surface area (Å²) in [5.74, 6) is -3.05. The summed E-state index contributed by atoms with van der Waals surface area (Å²) in [7, 11) is 0. The molecule has 0 bridgehead atoms. The second kappa shape index (κ2) is 9.41. The molecular weight excluding hydrogens is 461 g/mol. The summed E-state index contributed by atoms with van der Waals surface area (Å²) >= 11 is 0. The van der Waals surface area contributed by atoms with Crippen LogP contribution in [-0.2, 0) is 26.9 Å². The van der Waals surface area contributed by atoms with Gasteiger partial charge in [0.15, 0.2) is 6.10 Å². The first-order chi connectivity index (χ1) is 15.9. The molecule has 3 aromatic rings. The molecule has 0 spiro atoms. The zero-order valence-corrected chi connectivity index (χ0v) is 18.2. The highest BCUT2D eigenvalue weighted by Gasteiger charge is 2.37. The Morgan fingerprint density at radius 2 is 1.91 bits per heavy atom. The van der Waals surface area contributed by atoms with Crippen molar-refractivity contribution in [2.24, 2.45) is 0 Å². The van der Waals surface area contributed by atoms with E-state index in [1.54, 1.807) is 6.92 Å². The number of esters is 1. The lowest BCUT2D eigenvalue weighted by Gasteiger charge is -2.14. The van der Waals surface area contributed by atoms with Gasteiger partial charge < -0.3 is 10.1 Å². The number of aryl methyl sites for hydroxylation is 2. The molecule has 11 nitrogen and oxygen atoms in total. The first-order valence-corrected chi connectivity index (χ1v) is 9.92. The number of benzene rings is 1. The third-order valence-electron chi connectivity index (χ3n) is 4.92. The van der Waals surface area contributed by atoms with Gasteiger partial charge in [-0.15, -0.1) is 5.10 Å². The number of nitro benzene ring substituents is 1. The number of ether oxygens (including phenoxy) is 1. The number of nitrogens with zero attached hydrogens (tertiary/aromatic N) is 5. The molecule has 34 heavy (non-hydrogen) atoms. The van der Waals surface area contributed by atoms with Crippen LogP contribution < -0.4 is 5.32 Å². The van der Waals surface area contributed by atoms with E-state index in [1.807, 2.05) is 0 Å². The summed E-state index contributed by atoms with van der Waals surface area (Å²) in [5.41, 5.74) is 0.837. The minimum absolute atomic E-state index is 0.0444. The maximum atomic E-state index is 12.9. The number of halogens is 3. The van der Waals surface area contributed by atoms with E-state index in [0.717, 1.165) is 4.52 Å². The molecule has 14 heteroatoms. The molecule has 0 radical (unpaired) electrons. The van der Waals surface area contributed by atoms with Gasteiger partial charge in [0.1, 0.15) is 5.69 Å². The van der Waals surface area contributed by atoms with Gasteiger partial charge >= 0.3 is 12.1 Å². The van der Waals surface area contributed by atoms with E-state index >= 15 is 0 Å². The highest BCUT2D eigenvalue weighted by molar-refractivity contribution is 5.96. The van der Waals surface area contributed by atoms with Crippen LogP contribution >= 0.6 is 0 Å². The van der Waals surface area contributed by atoms with Crippen LogP contribution in [0.5, 0.6) is 0 Å². The molecule has 1 amide bonds. The number of anilines is 1. The van der Waals surface area contributed by atoms with Crippen molar-refractivity contribution < 1.29 is 32.4 Å². The Kier molecular flexibility index (Phi) is 6.79. The fraction of sp³-hybridized carbons (Fsp3) is 0.350. The number of nitrogens with one attached hydrogen (secondary N) is 1. The standard InChI is InChI=1S/C20H19F3N6O5/c1-10-13(11(2)28-19(24-10)26-18(27-28)20(21,22)23)8-9-16(30)34-12(3)17(31)25-14-6-4-5-7-15(14)29(32)33/h4-7,12H,8-9H2,1-3H3,(H,25,31). The van der Waals surface area contributed by atoms with Crippen molar-refractivity contribution in [1.82, 2.24) is 19.6 Å². The van der Waals surface area contributed by atoms with Crippen LogP contribution in [0.15, 0.2) is 24.3 Å². The minimum atomic E-state index is -4.73. The number of para-hydroxylation sites is 2. The Bertz CT molecular complexity index is 1270. The van der Waals surface area contributed by atoms with Crippen LogP contribution in [0.2, 0.25) is 0 Å². The van der Waals surface area contributed by atoms with Crippen molar-refractivity contribution in [3.8, 4) is 0 Å². The highest BCUT2D eigenvalue weighted by Crippen LogP contribution is 2.27. The molecule has 0 aliphatic carbocycles. The lowest BCUT2D eigenvalue weighted by Crippen LogP contribution is -2.30. The molecule has 0 aliphatic rings. The predicted molar refractivity (Wildman–Crippen MR) is 111 cm³/mol. The van der Waals surface area contributed by atoms with Crippen molar-refractivity contribution in [3.05, 3.63) is 57.2 Å². The summed E-state index contributed by atoms with van der Waals surface area (Å²) in [6.07, 6.45) is -6.10. The molecule has 1 atom stereocenters. The summed E-state index contributed by atoms with van der Waals surface area (Å²) < 4.78 is 44.8. The normalized spacial score (nSPS) is 12.4. The molecule has 2 heterocycles. The Labute approximate surface area is 190 Å². The van der Waals surface area contributed by atoms with Crippen LogP contribution in [0.1, 0.15) is 36.1 Å². The van der Waals surface area contributed by atoms with E-state index in [-0.39, 0.29) is 30.0 Å². The van der Waals surface area contributed by atoms with Gasteiger partial charge in [-0.1, -0.05) is 12.1 Å². The lowest BCUT2D eigenvalue weighted by atomic mass is 10.1. The summed E-state index contributed by atoms with van der Waals surface area (Å²) in [6, 6.07) is 5.50. The van der Waals surface area contributed by atoms with Crippen LogP contribution in [0, 0.1) is 24.0 Å². The molecule has 2 aromatic heterocycles. The van der Waals surface area contributed by atoms with Gasteiger partial charge in [-0.2, -0.15) is 18.2 Å². The molecule has 0 saturated carbocycles. The zero-order chi connectivity index (χ0) is 25.2. The summed E-state index contributed by atoms with van der Waals surface area (Å²) in [6.45, 7) is 4.40. The quantitative estimate of drug-likeness (QED) is 0.309. The van der Waals surface area contributed by atoms with Crippen LogP contribution in [0.25, 0.3) is 5.78 Å². The van der Waals surface area contributed by atoms with E-state index in [9.17, 15) is 32.9 Å². The number of carbonyl (C=O) groups is 2. The van der Waals surface area contributed by atoms with Crippen molar-refractivity contribution in [3.63, 3.8) is 0 Å². The topological polar surface area (TPSA) is 142 Å². The van der Waals surface area contributed by atoms with Gasteiger partial charge in [-0.25, -0.2) is 9.50 Å². The average molecular weight is 480 g/mol. The number of alkyl halides is 3. The predicted octanol–water partition coefficient (Wildman–Crippen LogP) is 3.17. The number of fused-ring (bicyclic) bond motifs is 1. The number of rotatable bonds is 7. The lowest BCUT2D eigenvalue weighted by molar-refractivity contribution is -0.383. The van der Waals surface area contributed by atoms with Crippen molar-refractivity contribution in [2.75, 3.05) is 5.32 Å². The van der Waals surface area contributed by atoms with E-state index in [1.165, 1.54) is 38.1 Å². The van der Waals surface area contributed by atoms with Gasteiger partial charge in [0.05, 0.1) is 4.92 Å². The van der Waals surface area contributed by atoms with E-state index in [0.29, 0.717) is 17.0 Å². The van der Waals surface area contributed by atoms with E-state index in [2.05, 4.69) is 20.4 Å². The molecule has 3 rings (SSSR count). The molecule has 1 unspecified atom stereocenters. The monoisotopic (exact) mass is 480 g/mol. The first kappa shape index (κ1) is 24.5. The van der Waals surface area contributed by atoms with E-state index in [4.69, 9.17) is 4.74 Å². The van der Waals surface area contributed by atoms with Gasteiger partial charge in [0.25, 0.3) is 23.2 Å². The Hall–Kier alpha value is -4.10. The Morgan fingerprint density at radius 3 is 2.56 bits per heavy atom. The maximum absolute atomic E-state index is 12.9. The van der Waals surface area contributed by atoms with Gasteiger partial charge in [0, 0.05) is 23.9 Å². The van der Waals surface area contributed by atoms with Crippen molar-refractivity contribution in [2.45, 2.75) is 45.9 Å². The van der Waals surface area contributed by atoms with Gasteiger partial charge in [0.2, 0.25) is 0 Å². The van der Waals surface area contributed by atoms with Crippen LogP contribution in [-0.4, -0.2) is 42.5 Å². The molecule has 1 aromatic carbocycles. The summed E-state index contributed by atoms with van der Waals surface area (Å²) in [5, 5.41) is 16.8. The zero-order valence-electron chi connectivity index (χ0n) is 18.2. The van der Waals surface area contributed by atoms with Crippen molar-refractivity contribution >= 4 is 29.0 Å². The van der Waals surface area contributed by atoms with Crippen LogP contribution in [0.3, 0.4) is 0 Å². The van der Waals surface area contributed by atoms with Gasteiger partial charge in [-0.05, 0) is 38.8 Å². The van der Waals surface area contributed by atoms with Crippen LogP contribution in [0.4, 0.5) is 24.5 Å². The Balaban J connectivity index is 1.65. The number of aromatic nitrogens is 4. The summed E-state index contributed by atoms with van der Waals surface area (Å²) in [4.78, 5) is 42.4. The maximum Gasteiger partial charge on any atom is 0.453 e. The van der Waals surface area contributed by atoms with E-state index < -0.39 is 34.9 Å². The number of amides is 1. The molecule has 0 aliphatic heterocycles. The van der Waals surface area contributed by atoms with Crippen molar-refractivity contribution in [1.29, 1.82) is 0 Å². The number of nitro groups is 1. The molecule has 0 saturated heterocycles. The molecule has 1 N–H and O–H groups in total. The molecule has 180 valence electrons. The third kappa shape index (κ3) is 5.27. The third-order valence-corrected chi connectivity index (χ3v) is 4.92. The number of hydrogen-bond donors (Lipinski definition) is 1. The fourth-order valence-electron chi connectivity index (χ4n) is 3.20. The minimum Gasteiger partial charge on any atom is -0.453 e. The molecule has 0 fully saturated rings. The van der Waals surface area contributed by atoms with Gasteiger partial charge in [-0.3, -0.25) is 19.7 Å².